The molecule has 9 heteroatoms. The molecule has 1 amide bonds. The van der Waals surface area contributed by atoms with Crippen molar-refractivity contribution in [2.24, 2.45) is 11.8 Å². The monoisotopic (exact) mass is 472 g/mol. The lowest BCUT2D eigenvalue weighted by molar-refractivity contribution is -0.126. The largest absolute Gasteiger partial charge is 0.356 e. The molecular formula is C23H28N4O3S2. The summed E-state index contributed by atoms with van der Waals surface area (Å²) >= 11 is 1.01. The number of nitrogens with zero attached hydrogens (tertiary/aromatic N) is 2. The molecule has 7 nitrogen and oxygen atoms in total. The highest BCUT2D eigenvalue weighted by Gasteiger charge is 2.27. The number of fused-ring (bicyclic) bond motifs is 1. The Hall–Kier alpha value is -2.36. The molecule has 4 rings (SSSR count). The zero-order chi connectivity index (χ0) is 22.4. The number of rotatable bonds is 9. The average molecular weight is 473 g/mol. The van der Waals surface area contributed by atoms with Crippen LogP contribution < -0.4 is 10.0 Å². The highest BCUT2D eigenvalue weighted by molar-refractivity contribution is 7.89. The van der Waals surface area contributed by atoms with Gasteiger partial charge in [-0.2, -0.15) is 8.75 Å². The zero-order valence-corrected chi connectivity index (χ0v) is 19.5. The maximum absolute atomic E-state index is 12.8. The first-order valence-corrected chi connectivity index (χ1v) is 13.3. The Balaban J connectivity index is 1.19. The second-order valence-corrected chi connectivity index (χ2v) is 10.6. The van der Waals surface area contributed by atoms with Crippen molar-refractivity contribution in [3.05, 3.63) is 54.1 Å². The van der Waals surface area contributed by atoms with Crippen LogP contribution in [0.1, 0.15) is 37.7 Å². The summed E-state index contributed by atoms with van der Waals surface area (Å²) < 4.78 is 36.5. The minimum atomic E-state index is -3.65. The summed E-state index contributed by atoms with van der Waals surface area (Å²) in [5.74, 6) is 0.383. The number of hydrogen-bond donors (Lipinski definition) is 2. The molecule has 0 saturated heterocycles. The van der Waals surface area contributed by atoms with E-state index in [1.54, 1.807) is 18.2 Å². The van der Waals surface area contributed by atoms with Gasteiger partial charge in [0.25, 0.3) is 0 Å². The second kappa shape index (κ2) is 10.5. The maximum Gasteiger partial charge on any atom is 0.242 e. The van der Waals surface area contributed by atoms with Crippen molar-refractivity contribution in [3.8, 4) is 0 Å². The van der Waals surface area contributed by atoms with Gasteiger partial charge in [0.1, 0.15) is 15.9 Å². The van der Waals surface area contributed by atoms with E-state index in [4.69, 9.17) is 0 Å². The summed E-state index contributed by atoms with van der Waals surface area (Å²) in [7, 11) is -3.65. The van der Waals surface area contributed by atoms with Crippen LogP contribution in [0.25, 0.3) is 11.0 Å². The van der Waals surface area contributed by atoms with Crippen LogP contribution >= 0.6 is 11.7 Å². The van der Waals surface area contributed by atoms with Gasteiger partial charge in [-0.05, 0) is 62.1 Å². The number of carbonyl (C=O) groups is 1. The van der Waals surface area contributed by atoms with Gasteiger partial charge in [-0.15, -0.1) is 0 Å². The average Bonchev–Trinajstić information content (AvgIpc) is 3.30. The molecule has 0 unspecified atom stereocenters. The van der Waals surface area contributed by atoms with Crippen LogP contribution in [0, 0.1) is 11.8 Å². The molecule has 0 atom stereocenters. The van der Waals surface area contributed by atoms with E-state index in [0.717, 1.165) is 50.3 Å². The van der Waals surface area contributed by atoms with Crippen molar-refractivity contribution in [2.75, 3.05) is 13.1 Å². The molecule has 0 bridgehead atoms. The van der Waals surface area contributed by atoms with E-state index in [1.807, 2.05) is 18.2 Å². The predicted octanol–water partition coefficient (Wildman–Crippen LogP) is 3.53. The molecule has 3 aromatic rings. The number of amides is 1. The van der Waals surface area contributed by atoms with Gasteiger partial charge in [0.2, 0.25) is 15.9 Å². The summed E-state index contributed by atoms with van der Waals surface area (Å²) in [6, 6.07) is 15.3. The van der Waals surface area contributed by atoms with E-state index < -0.39 is 10.0 Å². The number of nitrogens with one attached hydrogen (secondary N) is 2. The molecule has 170 valence electrons. The quantitative estimate of drug-likeness (QED) is 0.464. The fraction of sp³-hybridized carbons (Fsp3) is 0.435. The molecule has 1 aliphatic carbocycles. The van der Waals surface area contributed by atoms with Crippen LogP contribution in [0.15, 0.2) is 53.4 Å². The molecule has 1 heterocycles. The number of aryl methyl sites for hydroxylation is 1. The first-order chi connectivity index (χ1) is 15.5. The van der Waals surface area contributed by atoms with Crippen molar-refractivity contribution >= 4 is 38.7 Å². The van der Waals surface area contributed by atoms with E-state index in [1.165, 1.54) is 5.56 Å². The van der Waals surface area contributed by atoms with E-state index >= 15 is 0 Å². The van der Waals surface area contributed by atoms with Crippen molar-refractivity contribution in [1.82, 2.24) is 18.8 Å². The normalized spacial score (nSPS) is 19.1. The van der Waals surface area contributed by atoms with Crippen LogP contribution in [0.3, 0.4) is 0 Å². The van der Waals surface area contributed by atoms with Gasteiger partial charge in [-0.1, -0.05) is 36.4 Å². The number of aromatic nitrogens is 2. The van der Waals surface area contributed by atoms with Gasteiger partial charge in [-0.3, -0.25) is 4.79 Å². The second-order valence-electron chi connectivity index (χ2n) is 8.34. The van der Waals surface area contributed by atoms with Gasteiger partial charge in [0.15, 0.2) is 0 Å². The molecule has 0 radical (unpaired) electrons. The first-order valence-electron chi connectivity index (χ1n) is 11.1. The minimum Gasteiger partial charge on any atom is -0.356 e. The highest BCUT2D eigenvalue weighted by Crippen LogP contribution is 2.29. The smallest absolute Gasteiger partial charge is 0.242 e. The first kappa shape index (κ1) is 22.8. The number of carbonyl (C=O) groups excluding carboxylic acids is 1. The van der Waals surface area contributed by atoms with Crippen molar-refractivity contribution < 1.29 is 13.2 Å². The molecule has 1 aliphatic rings. The van der Waals surface area contributed by atoms with Crippen LogP contribution in [-0.2, 0) is 21.2 Å². The lowest BCUT2D eigenvalue weighted by atomic mass is 9.81. The Morgan fingerprint density at radius 3 is 2.56 bits per heavy atom. The number of benzene rings is 2. The molecule has 2 aromatic carbocycles. The minimum absolute atomic E-state index is 0.0226. The fourth-order valence-electron chi connectivity index (χ4n) is 4.23. The number of sulfonamides is 1. The third kappa shape index (κ3) is 5.70. The van der Waals surface area contributed by atoms with Gasteiger partial charge in [-0.25, -0.2) is 13.1 Å². The third-order valence-electron chi connectivity index (χ3n) is 6.10. The Morgan fingerprint density at radius 1 is 1.00 bits per heavy atom. The van der Waals surface area contributed by atoms with Crippen molar-refractivity contribution in [2.45, 2.75) is 43.4 Å². The van der Waals surface area contributed by atoms with Crippen LogP contribution in [0.2, 0.25) is 0 Å². The Kier molecular flexibility index (Phi) is 7.49. The molecule has 0 aliphatic heterocycles. The topological polar surface area (TPSA) is 101 Å². The lowest BCUT2D eigenvalue weighted by Crippen LogP contribution is -2.36. The van der Waals surface area contributed by atoms with E-state index in [0.29, 0.717) is 24.1 Å². The molecular weight excluding hydrogens is 444 g/mol. The van der Waals surface area contributed by atoms with E-state index in [-0.39, 0.29) is 22.6 Å². The van der Waals surface area contributed by atoms with E-state index in [9.17, 15) is 13.2 Å². The van der Waals surface area contributed by atoms with Crippen molar-refractivity contribution in [3.63, 3.8) is 0 Å². The number of hydrogen-bond acceptors (Lipinski definition) is 6. The van der Waals surface area contributed by atoms with E-state index in [2.05, 4.69) is 30.9 Å². The van der Waals surface area contributed by atoms with Crippen LogP contribution in [0.5, 0.6) is 0 Å². The summed E-state index contributed by atoms with van der Waals surface area (Å²) in [5.41, 5.74) is 2.29. The highest BCUT2D eigenvalue weighted by atomic mass is 32.2. The third-order valence-corrected chi connectivity index (χ3v) is 8.10. The van der Waals surface area contributed by atoms with Crippen molar-refractivity contribution in [1.29, 1.82) is 0 Å². The molecule has 2 N–H and O–H groups in total. The molecule has 32 heavy (non-hydrogen) atoms. The van der Waals surface area contributed by atoms with Gasteiger partial charge >= 0.3 is 0 Å². The Morgan fingerprint density at radius 2 is 1.78 bits per heavy atom. The molecule has 1 saturated carbocycles. The molecule has 1 fully saturated rings. The Labute approximate surface area is 193 Å². The Bertz CT molecular complexity index is 1140. The van der Waals surface area contributed by atoms with Gasteiger partial charge < -0.3 is 5.32 Å². The summed E-state index contributed by atoms with van der Waals surface area (Å²) in [6.07, 6.45) is 5.15. The summed E-state index contributed by atoms with van der Waals surface area (Å²) in [6.45, 7) is 1.06. The van der Waals surface area contributed by atoms with Crippen LogP contribution in [-0.4, -0.2) is 36.2 Å². The fourth-order valence-corrected chi connectivity index (χ4v) is 6.11. The SMILES string of the molecule is O=C(NCCCc1ccccc1)C1CCC(CNS(=O)(=O)c2cccc3nsnc23)CC1. The standard InChI is InChI=1S/C23H28N4O3S2/c28-23(24-15-5-8-17-6-2-1-3-7-17)19-13-11-18(12-14-19)16-25-32(29,30)21-10-4-9-20-22(21)27-31-26-20/h1-4,6-7,9-10,18-19,25H,5,8,11-16H2,(H,24,28). The summed E-state index contributed by atoms with van der Waals surface area (Å²) in [5, 5.41) is 3.07. The lowest BCUT2D eigenvalue weighted by Gasteiger charge is -2.27. The van der Waals surface area contributed by atoms with Gasteiger partial charge in [0.05, 0.1) is 11.7 Å². The van der Waals surface area contributed by atoms with Gasteiger partial charge in [0, 0.05) is 19.0 Å². The summed E-state index contributed by atoms with van der Waals surface area (Å²) in [4.78, 5) is 12.7. The molecule has 1 aromatic heterocycles. The zero-order valence-electron chi connectivity index (χ0n) is 17.9. The van der Waals surface area contributed by atoms with Crippen LogP contribution in [0.4, 0.5) is 0 Å². The maximum atomic E-state index is 12.8. The molecule has 0 spiro atoms. The predicted molar refractivity (Wildman–Crippen MR) is 126 cm³/mol.